The van der Waals surface area contributed by atoms with Crippen LogP contribution >= 0.6 is 0 Å². The molecule has 1 aliphatic heterocycles. The summed E-state index contributed by atoms with van der Waals surface area (Å²) in [7, 11) is 0. The molecule has 6 rings (SSSR count). The molecule has 7 atom stereocenters. The number of benzene rings is 1. The van der Waals surface area contributed by atoms with Crippen molar-refractivity contribution in [2.75, 3.05) is 31.1 Å². The average Bonchev–Trinajstić information content (AvgIpc) is 3.28. The van der Waals surface area contributed by atoms with Crippen LogP contribution in [0.2, 0.25) is 0 Å². The van der Waals surface area contributed by atoms with Crippen molar-refractivity contribution in [3.8, 4) is 0 Å². The highest BCUT2D eigenvalue weighted by Gasteiger charge is 2.57. The third-order valence-corrected chi connectivity index (χ3v) is 12.8. The maximum absolute atomic E-state index is 10.9. The first-order valence-corrected chi connectivity index (χ1v) is 15.7. The van der Waals surface area contributed by atoms with E-state index < -0.39 is 0 Å². The first-order valence-electron chi connectivity index (χ1n) is 15.7. The third-order valence-electron chi connectivity index (χ3n) is 12.8. The summed E-state index contributed by atoms with van der Waals surface area (Å²) in [5.41, 5.74) is 7.27. The average molecular weight is 517 g/mol. The number of aliphatic hydroxyl groups excluding tert-OH is 1. The van der Waals surface area contributed by atoms with Gasteiger partial charge in [0.25, 0.3) is 0 Å². The van der Waals surface area contributed by atoms with E-state index in [-0.39, 0.29) is 16.9 Å². The van der Waals surface area contributed by atoms with Gasteiger partial charge in [-0.1, -0.05) is 64.5 Å². The van der Waals surface area contributed by atoms with Crippen LogP contribution in [-0.4, -0.2) is 48.3 Å². The number of nitrogens with zero attached hydrogens (tertiary/aromatic N) is 2. The predicted octanol–water partition coefficient (Wildman–Crippen LogP) is 7.47. The Balaban J connectivity index is 1.17. The molecule has 2 fully saturated rings. The summed E-state index contributed by atoms with van der Waals surface area (Å²) >= 11 is 0. The number of anilines is 1. The standard InChI is InChI=1S/C35H52N2O/c1-24(25(2)36-20-22-37(23-21-36)26-10-8-7-9-11-26)28-13-14-29-27-12-15-31-33(3,4)32(38)17-19-35(31,6)30(27)16-18-34(28,29)5/h7-11,14,24-25,28,31-32,38H,12-13,15-23H2,1-6H3/t24-,25?,28-,31+,32+,34-,35-/m1/s1. The number of aliphatic hydroxyl groups is 1. The van der Waals surface area contributed by atoms with E-state index in [9.17, 15) is 5.11 Å². The van der Waals surface area contributed by atoms with Gasteiger partial charge in [0.05, 0.1) is 6.10 Å². The van der Waals surface area contributed by atoms with E-state index in [2.05, 4.69) is 87.8 Å². The van der Waals surface area contributed by atoms with Crippen LogP contribution in [0.5, 0.6) is 0 Å². The van der Waals surface area contributed by atoms with Gasteiger partial charge in [-0.2, -0.15) is 0 Å². The van der Waals surface area contributed by atoms with E-state index in [1.165, 1.54) is 50.9 Å². The molecule has 1 heterocycles. The Kier molecular flexibility index (Phi) is 6.67. The normalized spacial score (nSPS) is 38.7. The number of allylic oxidation sites excluding steroid dienone is 4. The second-order valence-electron chi connectivity index (χ2n) is 14.7. The second-order valence-corrected chi connectivity index (χ2v) is 14.7. The van der Waals surface area contributed by atoms with Gasteiger partial charge in [0.15, 0.2) is 0 Å². The summed E-state index contributed by atoms with van der Waals surface area (Å²) in [6.45, 7) is 19.5. The van der Waals surface area contributed by atoms with Crippen molar-refractivity contribution in [2.45, 2.75) is 98.6 Å². The molecule has 5 aliphatic rings. The molecule has 1 unspecified atom stereocenters. The summed E-state index contributed by atoms with van der Waals surface area (Å²) < 4.78 is 0. The van der Waals surface area contributed by atoms with Crippen LogP contribution in [0.15, 0.2) is 53.1 Å². The lowest BCUT2D eigenvalue weighted by Crippen LogP contribution is -2.54. The van der Waals surface area contributed by atoms with Gasteiger partial charge in [0.1, 0.15) is 0 Å². The molecule has 3 nitrogen and oxygen atoms in total. The summed E-state index contributed by atoms with van der Waals surface area (Å²) in [5, 5.41) is 10.9. The number of hydrogen-bond donors (Lipinski definition) is 1. The second kappa shape index (κ2) is 9.51. The largest absolute Gasteiger partial charge is 0.393 e. The van der Waals surface area contributed by atoms with Crippen LogP contribution < -0.4 is 4.90 Å². The zero-order valence-corrected chi connectivity index (χ0v) is 25.0. The summed E-state index contributed by atoms with van der Waals surface area (Å²) in [5.74, 6) is 2.03. The minimum absolute atomic E-state index is 0.0212. The van der Waals surface area contributed by atoms with Gasteiger partial charge in [-0.05, 0) is 109 Å². The molecule has 0 aromatic heterocycles. The SMILES string of the molecule is CC([C@@H](C)[C@H]1CC=C2C3=C(CC[C@@]21C)[C@@]1(C)CC[C@H](O)C(C)(C)[C@@H]1CC3)N1CCN(c2ccccc2)CC1. The molecule has 4 aliphatic carbocycles. The van der Waals surface area contributed by atoms with E-state index >= 15 is 0 Å². The Morgan fingerprint density at radius 3 is 2.29 bits per heavy atom. The van der Waals surface area contributed by atoms with Crippen LogP contribution in [0, 0.1) is 34.0 Å². The van der Waals surface area contributed by atoms with Gasteiger partial charge >= 0.3 is 0 Å². The fourth-order valence-corrected chi connectivity index (χ4v) is 10.2. The van der Waals surface area contributed by atoms with E-state index in [4.69, 9.17) is 0 Å². The Morgan fingerprint density at radius 2 is 1.58 bits per heavy atom. The van der Waals surface area contributed by atoms with E-state index in [1.807, 2.05) is 0 Å². The third kappa shape index (κ3) is 3.97. The summed E-state index contributed by atoms with van der Waals surface area (Å²) in [4.78, 5) is 5.34. The summed E-state index contributed by atoms with van der Waals surface area (Å²) in [6.07, 6.45) is 11.0. The van der Waals surface area contributed by atoms with Crippen LogP contribution in [0.1, 0.15) is 86.5 Å². The Labute approximate surface area is 232 Å². The highest BCUT2D eigenvalue weighted by atomic mass is 16.3. The Hall–Kier alpha value is -1.58. The van der Waals surface area contributed by atoms with Crippen molar-refractivity contribution in [2.24, 2.45) is 34.0 Å². The first-order chi connectivity index (χ1) is 18.1. The minimum atomic E-state index is -0.149. The lowest BCUT2D eigenvalue weighted by molar-refractivity contribution is -0.0906. The van der Waals surface area contributed by atoms with Gasteiger partial charge in [-0.15, -0.1) is 0 Å². The predicted molar refractivity (Wildman–Crippen MR) is 159 cm³/mol. The number of para-hydroxylation sites is 1. The molecular formula is C35H52N2O. The lowest BCUT2D eigenvalue weighted by Gasteiger charge is -2.59. The molecule has 0 bridgehead atoms. The number of fused-ring (bicyclic) bond motifs is 4. The van der Waals surface area contributed by atoms with E-state index in [0.29, 0.717) is 23.3 Å². The Bertz CT molecular complexity index is 1100. The number of piperazine rings is 1. The molecular weight excluding hydrogens is 464 g/mol. The lowest BCUT2D eigenvalue weighted by atomic mass is 9.46. The topological polar surface area (TPSA) is 26.7 Å². The van der Waals surface area contributed by atoms with Crippen LogP contribution in [0.25, 0.3) is 0 Å². The highest BCUT2D eigenvalue weighted by molar-refractivity contribution is 5.50. The minimum Gasteiger partial charge on any atom is -0.393 e. The molecule has 1 aromatic carbocycles. The van der Waals surface area contributed by atoms with Crippen LogP contribution in [0.4, 0.5) is 5.69 Å². The van der Waals surface area contributed by atoms with E-state index in [0.717, 1.165) is 31.8 Å². The fraction of sp³-hybridized carbons (Fsp3) is 0.714. The summed E-state index contributed by atoms with van der Waals surface area (Å²) in [6, 6.07) is 11.6. The van der Waals surface area contributed by atoms with Crippen molar-refractivity contribution in [1.82, 2.24) is 4.90 Å². The van der Waals surface area contributed by atoms with Gasteiger partial charge < -0.3 is 10.0 Å². The van der Waals surface area contributed by atoms with Gasteiger partial charge in [0, 0.05) is 37.9 Å². The molecule has 38 heavy (non-hydrogen) atoms. The molecule has 0 spiro atoms. The smallest absolute Gasteiger partial charge is 0.0594 e. The Morgan fingerprint density at radius 1 is 0.868 bits per heavy atom. The number of hydrogen-bond acceptors (Lipinski definition) is 3. The molecule has 1 N–H and O–H groups in total. The van der Waals surface area contributed by atoms with E-state index in [1.54, 1.807) is 16.7 Å². The molecule has 1 saturated carbocycles. The molecule has 208 valence electrons. The first kappa shape index (κ1) is 26.6. The van der Waals surface area contributed by atoms with Gasteiger partial charge in [-0.25, -0.2) is 0 Å². The van der Waals surface area contributed by atoms with Crippen molar-refractivity contribution in [1.29, 1.82) is 0 Å². The maximum atomic E-state index is 10.9. The zero-order chi connectivity index (χ0) is 26.9. The maximum Gasteiger partial charge on any atom is 0.0594 e. The molecule has 0 radical (unpaired) electrons. The molecule has 1 aromatic rings. The highest BCUT2D eigenvalue weighted by Crippen LogP contribution is 2.66. The van der Waals surface area contributed by atoms with Crippen molar-refractivity contribution < 1.29 is 5.11 Å². The van der Waals surface area contributed by atoms with Crippen molar-refractivity contribution in [3.05, 3.63) is 53.1 Å². The van der Waals surface area contributed by atoms with Crippen LogP contribution in [0.3, 0.4) is 0 Å². The van der Waals surface area contributed by atoms with Crippen molar-refractivity contribution in [3.63, 3.8) is 0 Å². The fourth-order valence-electron chi connectivity index (χ4n) is 10.2. The number of rotatable bonds is 4. The molecule has 3 heteroatoms. The molecule has 0 amide bonds. The molecule has 1 saturated heterocycles. The van der Waals surface area contributed by atoms with Gasteiger partial charge in [-0.3, -0.25) is 4.90 Å². The van der Waals surface area contributed by atoms with Gasteiger partial charge in [0.2, 0.25) is 0 Å². The zero-order valence-electron chi connectivity index (χ0n) is 25.0. The van der Waals surface area contributed by atoms with Crippen LogP contribution in [-0.2, 0) is 0 Å². The van der Waals surface area contributed by atoms with Crippen molar-refractivity contribution >= 4 is 5.69 Å². The monoisotopic (exact) mass is 516 g/mol. The quantitative estimate of drug-likeness (QED) is 0.449.